The van der Waals surface area contributed by atoms with E-state index < -0.39 is 18.9 Å². The highest BCUT2D eigenvalue weighted by molar-refractivity contribution is 7.85. The number of likely N-dealkylation sites (tertiary alicyclic amines) is 1. The number of hydrogen-bond donors (Lipinski definition) is 4. The van der Waals surface area contributed by atoms with Crippen LogP contribution in [0.5, 0.6) is 11.5 Å². The Kier molecular flexibility index (Phi) is 11.4. The van der Waals surface area contributed by atoms with Crippen LogP contribution in [0.25, 0.3) is 0 Å². The van der Waals surface area contributed by atoms with Gasteiger partial charge < -0.3 is 31.0 Å². The largest absolute Gasteiger partial charge is 0.489 e. The molecule has 0 saturated carbocycles. The normalized spacial score (nSPS) is 19.6. The lowest BCUT2D eigenvalue weighted by Crippen LogP contribution is -2.41. The number of nitrogen functional groups attached to an aromatic ring is 1. The summed E-state index contributed by atoms with van der Waals surface area (Å²) in [5.41, 5.74) is 11.5. The Morgan fingerprint density at radius 2 is 1.79 bits per heavy atom. The zero-order valence-corrected chi connectivity index (χ0v) is 30.4. The van der Waals surface area contributed by atoms with Crippen molar-refractivity contribution in [3.05, 3.63) is 53.1 Å². The summed E-state index contributed by atoms with van der Waals surface area (Å²) in [7, 11) is -1.34. The molecule has 2 aliphatic rings. The zero-order chi connectivity index (χ0) is 33.8. The van der Waals surface area contributed by atoms with E-state index in [1.165, 1.54) is 11.1 Å². The first-order valence-corrected chi connectivity index (χ1v) is 19.8. The van der Waals surface area contributed by atoms with Gasteiger partial charge in [-0.3, -0.25) is 9.11 Å². The molecule has 254 valence electrons. The van der Waals surface area contributed by atoms with Crippen LogP contribution in [0.2, 0.25) is 0 Å². The number of piperidine rings is 1. The van der Waals surface area contributed by atoms with E-state index in [2.05, 4.69) is 60.1 Å². The minimum atomic E-state index is -0.681. The number of nitrogens with zero attached hydrogens (tertiary/aromatic N) is 3. The molecule has 12 heteroatoms. The molecular weight excluding hydrogens is 629 g/mol. The number of rotatable bonds is 12. The number of hydrogen-bond acceptors (Lipinski definition) is 10. The molecule has 2 saturated heterocycles. The molecule has 10 nitrogen and oxygen atoms in total. The first-order valence-electron chi connectivity index (χ1n) is 16.6. The van der Waals surface area contributed by atoms with E-state index >= 15 is 0 Å². The highest BCUT2D eigenvalue weighted by Crippen LogP contribution is 2.43. The van der Waals surface area contributed by atoms with Crippen molar-refractivity contribution in [1.29, 1.82) is 5.41 Å². The molecule has 5 N–H and O–H groups in total. The van der Waals surface area contributed by atoms with Gasteiger partial charge >= 0.3 is 0 Å². The first kappa shape index (κ1) is 35.0. The maximum atomic E-state index is 12.0. The van der Waals surface area contributed by atoms with Crippen LogP contribution >= 0.6 is 8.15 Å². The standard InChI is InChI=1S/C35H50N7O3PS/c1-21(2)44-31-19-27(25-12-15-42(16-13-25)26-14-17-47(43)20-26)23(5)18-29(31)39-35-40-33(37)32(24(6)36)34(41-35)38-28-10-8-9-11-30(28)45-46(7)22(3)4/h8-11,18-19,21-22,25-26,36H,12-17,20H2,1-7H3,(H4,37,38,39,40,41). The minimum absolute atomic E-state index is 0.0336. The van der Waals surface area contributed by atoms with Crippen LogP contribution in [0.3, 0.4) is 0 Å². The van der Waals surface area contributed by atoms with Crippen molar-refractivity contribution < 1.29 is 13.5 Å². The van der Waals surface area contributed by atoms with Crippen LogP contribution in [-0.4, -0.2) is 73.9 Å². The lowest BCUT2D eigenvalue weighted by Gasteiger charge is -2.36. The molecule has 0 radical (unpaired) electrons. The summed E-state index contributed by atoms with van der Waals surface area (Å²) >= 11 is 0. The molecule has 0 amide bonds. The maximum Gasteiger partial charge on any atom is 0.231 e. The second-order valence-corrected chi connectivity index (χ2v) is 17.1. The van der Waals surface area contributed by atoms with E-state index in [1.807, 2.05) is 38.1 Å². The number of nitrogens with one attached hydrogen (secondary N) is 3. The summed E-state index contributed by atoms with van der Waals surface area (Å²) in [6.45, 7) is 16.3. The van der Waals surface area contributed by atoms with Gasteiger partial charge in [-0.25, -0.2) is 0 Å². The fourth-order valence-electron chi connectivity index (χ4n) is 6.26. The second kappa shape index (κ2) is 15.3. The molecule has 3 atom stereocenters. The van der Waals surface area contributed by atoms with Crippen LogP contribution < -0.4 is 25.6 Å². The van der Waals surface area contributed by atoms with Crippen LogP contribution in [0.4, 0.5) is 29.0 Å². The van der Waals surface area contributed by atoms with Crippen LogP contribution in [0.15, 0.2) is 36.4 Å². The predicted octanol–water partition coefficient (Wildman–Crippen LogP) is 7.54. The Morgan fingerprint density at radius 3 is 2.43 bits per heavy atom. The van der Waals surface area contributed by atoms with E-state index in [4.69, 9.17) is 25.4 Å². The summed E-state index contributed by atoms with van der Waals surface area (Å²) in [6.07, 6.45) is 3.15. The number of aromatic nitrogens is 2. The van der Waals surface area contributed by atoms with Gasteiger partial charge in [0.25, 0.3) is 0 Å². The van der Waals surface area contributed by atoms with E-state index in [1.54, 1.807) is 6.92 Å². The van der Waals surface area contributed by atoms with Gasteiger partial charge in [0.2, 0.25) is 5.95 Å². The fraction of sp³-hybridized carbons (Fsp3) is 0.514. The summed E-state index contributed by atoms with van der Waals surface area (Å²) in [5, 5.41) is 15.2. The second-order valence-electron chi connectivity index (χ2n) is 13.2. The van der Waals surface area contributed by atoms with Gasteiger partial charge in [0.1, 0.15) is 23.1 Å². The van der Waals surface area contributed by atoms with Crippen molar-refractivity contribution in [2.45, 2.75) is 84.5 Å². The predicted molar refractivity (Wildman–Crippen MR) is 197 cm³/mol. The Labute approximate surface area is 283 Å². The van der Waals surface area contributed by atoms with Gasteiger partial charge in [-0.05, 0) is 108 Å². The zero-order valence-electron chi connectivity index (χ0n) is 28.7. The third kappa shape index (κ3) is 8.61. The highest BCUT2D eigenvalue weighted by Gasteiger charge is 2.31. The molecule has 2 fully saturated rings. The SMILES string of the molecule is CC(=N)c1c(N)nc(Nc2cc(C)c(C3CCN(C4CCS(=O)C4)CC3)cc2OC(C)C)nc1Nc1ccccc1OP(C)C(C)C. The highest BCUT2D eigenvalue weighted by atomic mass is 32.2. The van der Waals surface area contributed by atoms with E-state index in [0.29, 0.717) is 34.9 Å². The Bertz CT molecular complexity index is 1610. The number of para-hydroxylation sites is 2. The van der Waals surface area contributed by atoms with E-state index in [0.717, 1.165) is 66.7 Å². The van der Waals surface area contributed by atoms with E-state index in [9.17, 15) is 4.21 Å². The Morgan fingerprint density at radius 1 is 1.06 bits per heavy atom. The fourth-order valence-corrected chi connectivity index (χ4v) is 8.45. The summed E-state index contributed by atoms with van der Waals surface area (Å²) < 4.78 is 24.7. The molecule has 2 aliphatic heterocycles. The van der Waals surface area contributed by atoms with Crippen molar-refractivity contribution in [1.82, 2.24) is 14.9 Å². The van der Waals surface area contributed by atoms with Gasteiger partial charge in [0, 0.05) is 39.7 Å². The minimum Gasteiger partial charge on any atom is -0.489 e. The molecule has 2 aromatic carbocycles. The topological polar surface area (TPSA) is 138 Å². The third-order valence-electron chi connectivity index (χ3n) is 8.94. The average Bonchev–Trinajstić information content (AvgIpc) is 3.45. The monoisotopic (exact) mass is 679 g/mol. The Hall–Kier alpha value is -3.27. The molecular formula is C35H50N7O3PS. The van der Waals surface area contributed by atoms with Crippen LogP contribution in [0, 0.1) is 12.3 Å². The number of anilines is 5. The van der Waals surface area contributed by atoms with Crippen molar-refractivity contribution in [3.63, 3.8) is 0 Å². The number of nitrogens with two attached hydrogens (primary N) is 1. The Balaban J connectivity index is 1.42. The molecule has 1 aromatic heterocycles. The third-order valence-corrected chi connectivity index (χ3v) is 12.3. The number of aryl methyl sites for hydroxylation is 1. The molecule has 3 unspecified atom stereocenters. The molecule has 3 heterocycles. The molecule has 0 bridgehead atoms. The van der Waals surface area contributed by atoms with Gasteiger partial charge in [0.15, 0.2) is 0 Å². The van der Waals surface area contributed by atoms with Crippen LogP contribution in [-0.2, 0) is 10.8 Å². The summed E-state index contributed by atoms with van der Waals surface area (Å²) in [6, 6.07) is 12.5. The number of ether oxygens (including phenoxy) is 1. The van der Waals surface area contributed by atoms with Gasteiger partial charge in [-0.2, -0.15) is 9.97 Å². The molecule has 3 aromatic rings. The number of benzene rings is 2. The van der Waals surface area contributed by atoms with Crippen molar-refractivity contribution >= 4 is 53.6 Å². The van der Waals surface area contributed by atoms with Crippen molar-refractivity contribution in [2.75, 3.05) is 47.6 Å². The van der Waals surface area contributed by atoms with Crippen LogP contribution in [0.1, 0.15) is 76.5 Å². The molecule has 47 heavy (non-hydrogen) atoms. The molecule has 0 spiro atoms. The van der Waals surface area contributed by atoms with Gasteiger partial charge in [-0.15, -0.1) is 0 Å². The summed E-state index contributed by atoms with van der Waals surface area (Å²) in [4.78, 5) is 11.9. The molecule has 0 aliphatic carbocycles. The maximum absolute atomic E-state index is 12.0. The smallest absolute Gasteiger partial charge is 0.231 e. The van der Waals surface area contributed by atoms with Crippen molar-refractivity contribution in [3.8, 4) is 11.5 Å². The molecule has 5 rings (SSSR count). The first-order chi connectivity index (χ1) is 22.4. The van der Waals surface area contributed by atoms with Crippen molar-refractivity contribution in [2.24, 2.45) is 0 Å². The van der Waals surface area contributed by atoms with Gasteiger partial charge in [-0.1, -0.05) is 26.0 Å². The lowest BCUT2D eigenvalue weighted by molar-refractivity contribution is 0.164. The van der Waals surface area contributed by atoms with E-state index in [-0.39, 0.29) is 17.6 Å². The average molecular weight is 680 g/mol. The summed E-state index contributed by atoms with van der Waals surface area (Å²) in [5.74, 6) is 4.47. The van der Waals surface area contributed by atoms with Gasteiger partial charge in [0.05, 0.1) is 31.2 Å². The quantitative estimate of drug-likeness (QED) is 0.113. The lowest BCUT2D eigenvalue weighted by atomic mass is 9.86.